The molecule has 1 fully saturated rings. The fourth-order valence-electron chi connectivity index (χ4n) is 1.97. The lowest BCUT2D eigenvalue weighted by Crippen LogP contribution is -2.31. The van der Waals surface area contributed by atoms with Crippen molar-refractivity contribution in [2.45, 2.75) is 51.4 Å². The van der Waals surface area contributed by atoms with Gasteiger partial charge in [-0.05, 0) is 12.8 Å². The number of allylic oxidation sites excluding steroid dienone is 1. The first-order valence-corrected chi connectivity index (χ1v) is 6.10. The van der Waals surface area contributed by atoms with Crippen molar-refractivity contribution in [1.82, 2.24) is 0 Å². The van der Waals surface area contributed by atoms with Gasteiger partial charge in [0, 0.05) is 20.3 Å². The van der Waals surface area contributed by atoms with Gasteiger partial charge in [0.25, 0.3) is 0 Å². The molecule has 0 aromatic rings. The Balaban J connectivity index is 2.50. The third-order valence-electron chi connectivity index (χ3n) is 2.74. The second-order valence-electron chi connectivity index (χ2n) is 4.35. The molecule has 1 heterocycles. The zero-order valence-corrected chi connectivity index (χ0v) is 10.9. The van der Waals surface area contributed by atoms with Crippen LogP contribution in [0.5, 0.6) is 0 Å². The van der Waals surface area contributed by atoms with Gasteiger partial charge in [0.15, 0.2) is 0 Å². The molecule has 0 spiro atoms. The number of esters is 2. The normalized spacial score (nSPS) is 26.7. The van der Waals surface area contributed by atoms with Gasteiger partial charge in [-0.2, -0.15) is 0 Å². The maximum atomic E-state index is 11.0. The molecule has 0 bridgehead atoms. The van der Waals surface area contributed by atoms with E-state index in [1.807, 2.05) is 6.08 Å². The molecule has 0 N–H and O–H groups in total. The van der Waals surface area contributed by atoms with Crippen molar-refractivity contribution in [2.24, 2.45) is 0 Å². The van der Waals surface area contributed by atoms with Crippen LogP contribution < -0.4 is 0 Å². The highest BCUT2D eigenvalue weighted by atomic mass is 16.6. The summed E-state index contributed by atoms with van der Waals surface area (Å²) in [5.74, 6) is -0.712. The summed E-state index contributed by atoms with van der Waals surface area (Å²) in [6.45, 7) is 6.48. The monoisotopic (exact) mass is 256 g/mol. The molecule has 1 rings (SSSR count). The molecule has 0 aromatic carbocycles. The average Bonchev–Trinajstić information content (AvgIpc) is 2.65. The standard InChI is InChI=1S/C13H20O5/c1-4-5-6-11-7-12(17-10(3)15)13(18-11)8-16-9(2)14/h4,11-13H,1,5-8H2,2-3H3/t11-,12-,13-/m0/s1. The van der Waals surface area contributed by atoms with Gasteiger partial charge >= 0.3 is 11.9 Å². The highest BCUT2D eigenvalue weighted by Crippen LogP contribution is 2.26. The second-order valence-corrected chi connectivity index (χ2v) is 4.35. The van der Waals surface area contributed by atoms with Crippen LogP contribution in [0.15, 0.2) is 12.7 Å². The molecular formula is C13H20O5. The molecule has 0 amide bonds. The third-order valence-corrected chi connectivity index (χ3v) is 2.74. The maximum absolute atomic E-state index is 11.0. The van der Waals surface area contributed by atoms with Gasteiger partial charge in [-0.3, -0.25) is 9.59 Å². The van der Waals surface area contributed by atoms with E-state index in [9.17, 15) is 9.59 Å². The van der Waals surface area contributed by atoms with E-state index in [-0.39, 0.29) is 36.9 Å². The van der Waals surface area contributed by atoms with E-state index in [1.54, 1.807) is 0 Å². The Morgan fingerprint density at radius 3 is 2.67 bits per heavy atom. The van der Waals surface area contributed by atoms with Crippen LogP contribution in [-0.4, -0.2) is 36.9 Å². The minimum atomic E-state index is -0.368. The molecule has 102 valence electrons. The Morgan fingerprint density at radius 2 is 2.11 bits per heavy atom. The van der Waals surface area contributed by atoms with E-state index < -0.39 is 0 Å². The van der Waals surface area contributed by atoms with Crippen molar-refractivity contribution in [2.75, 3.05) is 6.61 Å². The number of ether oxygens (including phenoxy) is 3. The van der Waals surface area contributed by atoms with Crippen LogP contribution in [0.1, 0.15) is 33.1 Å². The van der Waals surface area contributed by atoms with E-state index in [2.05, 4.69) is 6.58 Å². The molecular weight excluding hydrogens is 236 g/mol. The first-order chi connectivity index (χ1) is 8.52. The summed E-state index contributed by atoms with van der Waals surface area (Å²) in [5.41, 5.74) is 0. The Morgan fingerprint density at radius 1 is 1.39 bits per heavy atom. The van der Waals surface area contributed by atoms with Crippen molar-refractivity contribution in [3.8, 4) is 0 Å². The van der Waals surface area contributed by atoms with Crippen molar-refractivity contribution >= 4 is 11.9 Å². The molecule has 1 aliphatic rings. The molecule has 3 atom stereocenters. The molecule has 1 aliphatic heterocycles. The first-order valence-electron chi connectivity index (χ1n) is 6.10. The largest absolute Gasteiger partial charge is 0.463 e. The van der Waals surface area contributed by atoms with Crippen LogP contribution >= 0.6 is 0 Å². The topological polar surface area (TPSA) is 61.8 Å². The average molecular weight is 256 g/mol. The summed E-state index contributed by atoms with van der Waals surface area (Å²) >= 11 is 0. The molecule has 0 unspecified atom stereocenters. The van der Waals surface area contributed by atoms with Gasteiger partial charge in [-0.25, -0.2) is 0 Å². The number of rotatable bonds is 6. The number of carbonyl (C=O) groups excluding carboxylic acids is 2. The molecule has 0 saturated carbocycles. The Labute approximate surface area is 107 Å². The molecule has 0 aliphatic carbocycles. The van der Waals surface area contributed by atoms with Gasteiger partial charge < -0.3 is 14.2 Å². The number of hydrogen-bond donors (Lipinski definition) is 0. The number of carbonyl (C=O) groups is 2. The van der Waals surface area contributed by atoms with Crippen molar-refractivity contribution in [3.05, 3.63) is 12.7 Å². The minimum Gasteiger partial charge on any atom is -0.463 e. The molecule has 5 heteroatoms. The molecule has 0 aromatic heterocycles. The van der Waals surface area contributed by atoms with Crippen LogP contribution in [0.4, 0.5) is 0 Å². The Kier molecular flexibility index (Phi) is 5.85. The van der Waals surface area contributed by atoms with E-state index in [0.29, 0.717) is 6.42 Å². The van der Waals surface area contributed by atoms with Crippen molar-refractivity contribution in [3.63, 3.8) is 0 Å². The smallest absolute Gasteiger partial charge is 0.302 e. The summed E-state index contributed by atoms with van der Waals surface area (Å²) in [4.78, 5) is 21.8. The predicted octanol–water partition coefficient (Wildman–Crippen LogP) is 1.60. The second kappa shape index (κ2) is 7.16. The van der Waals surface area contributed by atoms with E-state index in [4.69, 9.17) is 14.2 Å². The summed E-state index contributed by atoms with van der Waals surface area (Å²) in [5, 5.41) is 0. The quantitative estimate of drug-likeness (QED) is 0.533. The van der Waals surface area contributed by atoms with E-state index in [0.717, 1.165) is 12.8 Å². The molecule has 5 nitrogen and oxygen atoms in total. The van der Waals surface area contributed by atoms with Gasteiger partial charge in [0.05, 0.1) is 6.10 Å². The maximum Gasteiger partial charge on any atom is 0.302 e. The van der Waals surface area contributed by atoms with Gasteiger partial charge in [-0.15, -0.1) is 6.58 Å². The Bertz CT molecular complexity index is 313. The lowest BCUT2D eigenvalue weighted by atomic mass is 10.1. The zero-order valence-electron chi connectivity index (χ0n) is 10.9. The van der Waals surface area contributed by atoms with Crippen LogP contribution in [0.2, 0.25) is 0 Å². The fraction of sp³-hybridized carbons (Fsp3) is 0.692. The Hall–Kier alpha value is -1.36. The van der Waals surface area contributed by atoms with Gasteiger partial charge in [-0.1, -0.05) is 6.08 Å². The van der Waals surface area contributed by atoms with Gasteiger partial charge in [0.2, 0.25) is 0 Å². The lowest BCUT2D eigenvalue weighted by molar-refractivity contribution is -0.154. The first kappa shape index (κ1) is 14.7. The van der Waals surface area contributed by atoms with Crippen LogP contribution in [0, 0.1) is 0 Å². The lowest BCUT2D eigenvalue weighted by Gasteiger charge is -2.17. The van der Waals surface area contributed by atoms with E-state index in [1.165, 1.54) is 13.8 Å². The summed E-state index contributed by atoms with van der Waals surface area (Å²) in [6.07, 6.45) is 3.45. The van der Waals surface area contributed by atoms with Crippen LogP contribution in [0.25, 0.3) is 0 Å². The van der Waals surface area contributed by atoms with Crippen molar-refractivity contribution in [1.29, 1.82) is 0 Å². The summed E-state index contributed by atoms with van der Waals surface area (Å²) in [6, 6.07) is 0. The molecule has 18 heavy (non-hydrogen) atoms. The van der Waals surface area contributed by atoms with Crippen molar-refractivity contribution < 1.29 is 23.8 Å². The van der Waals surface area contributed by atoms with E-state index >= 15 is 0 Å². The fourth-order valence-corrected chi connectivity index (χ4v) is 1.97. The molecule has 0 radical (unpaired) electrons. The highest BCUT2D eigenvalue weighted by Gasteiger charge is 2.37. The summed E-state index contributed by atoms with van der Waals surface area (Å²) in [7, 11) is 0. The summed E-state index contributed by atoms with van der Waals surface area (Å²) < 4.78 is 15.8. The molecule has 1 saturated heterocycles. The van der Waals surface area contributed by atoms with Crippen LogP contribution in [-0.2, 0) is 23.8 Å². The predicted molar refractivity (Wildman–Crippen MR) is 64.9 cm³/mol. The number of hydrogen-bond acceptors (Lipinski definition) is 5. The SMILES string of the molecule is C=CCC[C@H]1C[C@H](OC(C)=O)[C@H](COC(C)=O)O1. The van der Waals surface area contributed by atoms with Crippen LogP contribution in [0.3, 0.4) is 0 Å². The zero-order chi connectivity index (χ0) is 13.5. The highest BCUT2D eigenvalue weighted by molar-refractivity contribution is 5.66. The van der Waals surface area contributed by atoms with Gasteiger partial charge in [0.1, 0.15) is 18.8 Å². The minimum absolute atomic E-state index is 0.0212. The third kappa shape index (κ3) is 4.87.